The standard InChI is InChI=1S/C10H18N2OS/c1-12(9-4-2-3-5-9)10(13)8-14-7-6-11/h4H,2-3,5-8,11H2,1H3. The minimum atomic E-state index is 0.191. The lowest BCUT2D eigenvalue weighted by Crippen LogP contribution is -2.27. The van der Waals surface area contributed by atoms with Crippen LogP contribution in [-0.2, 0) is 4.79 Å². The van der Waals surface area contributed by atoms with Crippen molar-refractivity contribution < 1.29 is 4.79 Å². The highest BCUT2D eigenvalue weighted by Crippen LogP contribution is 2.20. The van der Waals surface area contributed by atoms with Crippen molar-refractivity contribution in [3.05, 3.63) is 11.8 Å². The molecule has 0 aromatic heterocycles. The average molecular weight is 214 g/mol. The van der Waals surface area contributed by atoms with Crippen molar-refractivity contribution >= 4 is 17.7 Å². The summed E-state index contributed by atoms with van der Waals surface area (Å²) >= 11 is 1.61. The van der Waals surface area contributed by atoms with Gasteiger partial charge in [-0.05, 0) is 19.3 Å². The molecule has 0 bridgehead atoms. The molecule has 0 fully saturated rings. The molecule has 1 rings (SSSR count). The molecule has 0 radical (unpaired) electrons. The van der Waals surface area contributed by atoms with E-state index in [0.29, 0.717) is 12.3 Å². The lowest BCUT2D eigenvalue weighted by Gasteiger charge is -2.18. The number of rotatable bonds is 5. The molecule has 2 N–H and O–H groups in total. The largest absolute Gasteiger partial charge is 0.330 e. The molecule has 0 unspecified atom stereocenters. The Balaban J connectivity index is 2.28. The highest BCUT2D eigenvalue weighted by molar-refractivity contribution is 7.99. The monoisotopic (exact) mass is 214 g/mol. The Morgan fingerprint density at radius 2 is 2.50 bits per heavy atom. The molecule has 80 valence electrons. The summed E-state index contributed by atoms with van der Waals surface area (Å²) in [5, 5.41) is 0. The van der Waals surface area contributed by atoms with E-state index in [1.807, 2.05) is 7.05 Å². The summed E-state index contributed by atoms with van der Waals surface area (Å²) in [6.45, 7) is 0.643. The Hall–Kier alpha value is -0.480. The van der Waals surface area contributed by atoms with E-state index in [1.54, 1.807) is 16.7 Å². The highest BCUT2D eigenvalue weighted by atomic mass is 32.2. The maximum Gasteiger partial charge on any atom is 0.236 e. The third-order valence-electron chi connectivity index (χ3n) is 2.31. The summed E-state index contributed by atoms with van der Waals surface area (Å²) in [6.07, 6.45) is 5.50. The van der Waals surface area contributed by atoms with Gasteiger partial charge in [-0.3, -0.25) is 4.79 Å². The van der Waals surface area contributed by atoms with Crippen LogP contribution in [0.1, 0.15) is 19.3 Å². The Labute approximate surface area is 89.7 Å². The molecule has 0 saturated carbocycles. The van der Waals surface area contributed by atoms with Gasteiger partial charge in [0.05, 0.1) is 5.75 Å². The van der Waals surface area contributed by atoms with Crippen molar-refractivity contribution in [1.82, 2.24) is 4.90 Å². The van der Waals surface area contributed by atoms with Gasteiger partial charge >= 0.3 is 0 Å². The van der Waals surface area contributed by atoms with Gasteiger partial charge in [-0.2, -0.15) is 11.8 Å². The molecule has 1 amide bonds. The van der Waals surface area contributed by atoms with E-state index >= 15 is 0 Å². The zero-order valence-corrected chi connectivity index (χ0v) is 9.48. The van der Waals surface area contributed by atoms with E-state index in [2.05, 4.69) is 6.08 Å². The van der Waals surface area contributed by atoms with Crippen LogP contribution < -0.4 is 5.73 Å². The van der Waals surface area contributed by atoms with E-state index in [9.17, 15) is 4.79 Å². The van der Waals surface area contributed by atoms with Crippen LogP contribution in [0.4, 0.5) is 0 Å². The number of thioether (sulfide) groups is 1. The number of hydrogen-bond donors (Lipinski definition) is 1. The van der Waals surface area contributed by atoms with Gasteiger partial charge in [0.25, 0.3) is 0 Å². The van der Waals surface area contributed by atoms with Gasteiger partial charge in [0, 0.05) is 25.0 Å². The van der Waals surface area contributed by atoms with Gasteiger partial charge in [-0.25, -0.2) is 0 Å². The van der Waals surface area contributed by atoms with Crippen LogP contribution in [-0.4, -0.2) is 35.9 Å². The molecular weight excluding hydrogens is 196 g/mol. The van der Waals surface area contributed by atoms with Crippen molar-refractivity contribution in [2.24, 2.45) is 5.73 Å². The van der Waals surface area contributed by atoms with E-state index in [-0.39, 0.29) is 5.91 Å². The summed E-state index contributed by atoms with van der Waals surface area (Å²) in [4.78, 5) is 13.4. The molecule has 0 spiro atoms. The van der Waals surface area contributed by atoms with E-state index < -0.39 is 0 Å². The predicted molar refractivity (Wildman–Crippen MR) is 61.1 cm³/mol. The first kappa shape index (κ1) is 11.6. The van der Waals surface area contributed by atoms with Gasteiger partial charge in [0.15, 0.2) is 0 Å². The van der Waals surface area contributed by atoms with E-state index in [4.69, 9.17) is 5.73 Å². The first-order chi connectivity index (χ1) is 6.75. The van der Waals surface area contributed by atoms with Crippen LogP contribution in [0.25, 0.3) is 0 Å². The summed E-state index contributed by atoms with van der Waals surface area (Å²) in [6, 6.07) is 0. The Kier molecular flexibility index (Phi) is 5.04. The fraction of sp³-hybridized carbons (Fsp3) is 0.700. The maximum absolute atomic E-state index is 11.6. The van der Waals surface area contributed by atoms with Gasteiger partial charge in [0.1, 0.15) is 0 Å². The summed E-state index contributed by atoms with van der Waals surface area (Å²) < 4.78 is 0. The lowest BCUT2D eigenvalue weighted by molar-refractivity contribution is -0.125. The molecule has 0 heterocycles. The molecule has 1 aliphatic rings. The highest BCUT2D eigenvalue weighted by Gasteiger charge is 2.15. The van der Waals surface area contributed by atoms with Crippen molar-refractivity contribution in [3.8, 4) is 0 Å². The smallest absolute Gasteiger partial charge is 0.236 e. The number of carbonyl (C=O) groups is 1. The summed E-state index contributed by atoms with van der Waals surface area (Å²) in [7, 11) is 1.86. The molecule has 0 atom stereocenters. The Morgan fingerprint density at radius 3 is 3.07 bits per heavy atom. The maximum atomic E-state index is 11.6. The Bertz CT molecular complexity index is 228. The van der Waals surface area contributed by atoms with Crippen LogP contribution in [0.5, 0.6) is 0 Å². The average Bonchev–Trinajstić information content (AvgIpc) is 2.69. The first-order valence-electron chi connectivity index (χ1n) is 4.99. The fourth-order valence-electron chi connectivity index (χ4n) is 1.46. The number of carbonyl (C=O) groups excluding carboxylic acids is 1. The molecule has 1 aliphatic carbocycles. The Morgan fingerprint density at radius 1 is 1.71 bits per heavy atom. The molecule has 0 aliphatic heterocycles. The van der Waals surface area contributed by atoms with Crippen molar-refractivity contribution in [2.75, 3.05) is 25.1 Å². The number of nitrogens with zero attached hydrogens (tertiary/aromatic N) is 1. The molecule has 14 heavy (non-hydrogen) atoms. The molecular formula is C10H18N2OS. The van der Waals surface area contributed by atoms with E-state index in [1.165, 1.54) is 12.1 Å². The molecule has 0 aromatic rings. The predicted octanol–water partition coefficient (Wildman–Crippen LogP) is 1.20. The quantitative estimate of drug-likeness (QED) is 0.700. The number of hydrogen-bond acceptors (Lipinski definition) is 3. The van der Waals surface area contributed by atoms with Crippen LogP contribution in [0.3, 0.4) is 0 Å². The minimum absolute atomic E-state index is 0.191. The molecule has 0 saturated heterocycles. The van der Waals surface area contributed by atoms with Gasteiger partial charge in [-0.1, -0.05) is 6.08 Å². The second-order valence-electron chi connectivity index (χ2n) is 3.38. The number of allylic oxidation sites excluding steroid dienone is 2. The second kappa shape index (κ2) is 6.09. The first-order valence-corrected chi connectivity index (χ1v) is 6.14. The number of nitrogens with two attached hydrogens (primary N) is 1. The zero-order valence-electron chi connectivity index (χ0n) is 8.66. The normalized spacial score (nSPS) is 15.4. The zero-order chi connectivity index (χ0) is 10.4. The molecule has 0 aromatic carbocycles. The minimum Gasteiger partial charge on any atom is -0.330 e. The topological polar surface area (TPSA) is 46.3 Å². The molecule has 4 heteroatoms. The SMILES string of the molecule is CN(C(=O)CSCCN)C1=CCCC1. The lowest BCUT2D eigenvalue weighted by atomic mass is 10.3. The number of amides is 1. The van der Waals surface area contributed by atoms with Crippen LogP contribution >= 0.6 is 11.8 Å². The van der Waals surface area contributed by atoms with Gasteiger partial charge < -0.3 is 10.6 Å². The second-order valence-corrected chi connectivity index (χ2v) is 4.49. The van der Waals surface area contributed by atoms with Crippen molar-refractivity contribution in [3.63, 3.8) is 0 Å². The fourth-order valence-corrected chi connectivity index (χ4v) is 2.14. The van der Waals surface area contributed by atoms with Crippen LogP contribution in [0.15, 0.2) is 11.8 Å². The third-order valence-corrected chi connectivity index (χ3v) is 3.29. The summed E-state index contributed by atoms with van der Waals surface area (Å²) in [5.41, 5.74) is 6.54. The van der Waals surface area contributed by atoms with Gasteiger partial charge in [-0.15, -0.1) is 0 Å². The molecule has 3 nitrogen and oxygen atoms in total. The van der Waals surface area contributed by atoms with Gasteiger partial charge in [0.2, 0.25) is 5.91 Å². The van der Waals surface area contributed by atoms with Crippen LogP contribution in [0.2, 0.25) is 0 Å². The van der Waals surface area contributed by atoms with Crippen molar-refractivity contribution in [2.45, 2.75) is 19.3 Å². The third kappa shape index (κ3) is 3.35. The van der Waals surface area contributed by atoms with Crippen molar-refractivity contribution in [1.29, 1.82) is 0 Å². The summed E-state index contributed by atoms with van der Waals surface area (Å²) in [5.74, 6) is 1.60. The van der Waals surface area contributed by atoms with E-state index in [0.717, 1.165) is 18.6 Å². The van der Waals surface area contributed by atoms with Crippen LogP contribution in [0, 0.1) is 0 Å².